The molecule has 0 spiro atoms. The second-order valence-electron chi connectivity index (χ2n) is 6.45. The van der Waals surface area contributed by atoms with E-state index in [1.807, 2.05) is 6.07 Å². The average molecular weight is 248 g/mol. The zero-order valence-electron chi connectivity index (χ0n) is 11.5. The molecule has 2 aliphatic rings. The molecule has 1 unspecified atom stereocenters. The molecule has 2 fully saturated rings. The van der Waals surface area contributed by atoms with Crippen LogP contribution in [-0.4, -0.2) is 30.1 Å². The summed E-state index contributed by atoms with van der Waals surface area (Å²) in [7, 11) is 0. The number of rotatable bonds is 4. The molecule has 2 heterocycles. The first-order valence-electron chi connectivity index (χ1n) is 7.16. The van der Waals surface area contributed by atoms with Gasteiger partial charge in [0.05, 0.1) is 12.8 Å². The molecule has 3 heteroatoms. The fraction of sp³-hybridized carbons (Fsp3) is 0.733. The topological polar surface area (TPSA) is 28.4 Å². The van der Waals surface area contributed by atoms with Crippen molar-refractivity contribution in [3.8, 4) is 0 Å². The molecular formula is C15H24N2O. The number of hydrogen-bond acceptors (Lipinski definition) is 3. The average Bonchev–Trinajstić information content (AvgIpc) is 3.04. The van der Waals surface area contributed by atoms with E-state index >= 15 is 0 Å². The van der Waals surface area contributed by atoms with Crippen LogP contribution in [0.5, 0.6) is 0 Å². The van der Waals surface area contributed by atoms with Crippen LogP contribution in [0.25, 0.3) is 0 Å². The Morgan fingerprint density at radius 1 is 1.39 bits per heavy atom. The number of hydrogen-bond donors (Lipinski definition) is 1. The summed E-state index contributed by atoms with van der Waals surface area (Å²) in [5.41, 5.74) is 0.355. The first-order valence-corrected chi connectivity index (χ1v) is 7.16. The summed E-state index contributed by atoms with van der Waals surface area (Å²) in [6.07, 6.45) is 5.76. The van der Waals surface area contributed by atoms with Crippen molar-refractivity contribution in [2.24, 2.45) is 5.41 Å². The van der Waals surface area contributed by atoms with Gasteiger partial charge in [0.15, 0.2) is 0 Å². The van der Waals surface area contributed by atoms with Crippen molar-refractivity contribution in [1.82, 2.24) is 10.2 Å². The van der Waals surface area contributed by atoms with Crippen LogP contribution in [0.1, 0.15) is 38.9 Å². The summed E-state index contributed by atoms with van der Waals surface area (Å²) in [4.78, 5) is 2.69. The Balaban J connectivity index is 1.76. The van der Waals surface area contributed by atoms with Gasteiger partial charge < -0.3 is 9.73 Å². The van der Waals surface area contributed by atoms with Crippen LogP contribution in [-0.2, 0) is 6.54 Å². The van der Waals surface area contributed by atoms with Gasteiger partial charge in [0, 0.05) is 18.6 Å². The number of nitrogens with zero attached hydrogens (tertiary/aromatic N) is 1. The van der Waals surface area contributed by atoms with Crippen LogP contribution in [0, 0.1) is 5.41 Å². The molecule has 18 heavy (non-hydrogen) atoms. The highest BCUT2D eigenvalue weighted by atomic mass is 16.3. The molecule has 1 saturated heterocycles. The lowest BCUT2D eigenvalue weighted by molar-refractivity contribution is 0.0422. The zero-order valence-corrected chi connectivity index (χ0v) is 11.5. The molecule has 1 aromatic heterocycles. The van der Waals surface area contributed by atoms with Crippen molar-refractivity contribution in [1.29, 1.82) is 0 Å². The molecule has 1 aromatic rings. The minimum atomic E-state index is 0.355. The predicted octanol–water partition coefficient (Wildman–Crippen LogP) is 2.63. The molecule has 1 atom stereocenters. The largest absolute Gasteiger partial charge is 0.468 e. The van der Waals surface area contributed by atoms with Crippen LogP contribution >= 0.6 is 0 Å². The van der Waals surface area contributed by atoms with Crippen molar-refractivity contribution < 1.29 is 4.42 Å². The van der Waals surface area contributed by atoms with Crippen LogP contribution in [0.3, 0.4) is 0 Å². The van der Waals surface area contributed by atoms with Gasteiger partial charge >= 0.3 is 0 Å². The van der Waals surface area contributed by atoms with Gasteiger partial charge in [0.2, 0.25) is 0 Å². The third kappa shape index (κ3) is 2.47. The maximum absolute atomic E-state index is 5.54. The lowest BCUT2D eigenvalue weighted by Crippen LogP contribution is -2.54. The van der Waals surface area contributed by atoms with E-state index < -0.39 is 0 Å². The third-order valence-electron chi connectivity index (χ3n) is 4.41. The van der Waals surface area contributed by atoms with Gasteiger partial charge in [-0.05, 0) is 43.4 Å². The second kappa shape index (κ2) is 4.71. The number of nitrogens with one attached hydrogen (secondary N) is 1. The highest BCUT2D eigenvalue weighted by Crippen LogP contribution is 2.38. The standard InChI is InChI=1S/C15H24N2O/c1-15(2)11-16-8-7-14(15)17(12-5-6-12)10-13-4-3-9-18-13/h3-4,9,12,14,16H,5-8,10-11H2,1-2H3. The summed E-state index contributed by atoms with van der Waals surface area (Å²) >= 11 is 0. The van der Waals surface area contributed by atoms with E-state index in [0.717, 1.165) is 31.4 Å². The van der Waals surface area contributed by atoms with Gasteiger partial charge in [-0.1, -0.05) is 13.8 Å². The smallest absolute Gasteiger partial charge is 0.117 e. The van der Waals surface area contributed by atoms with Crippen molar-refractivity contribution in [3.05, 3.63) is 24.2 Å². The van der Waals surface area contributed by atoms with Crippen molar-refractivity contribution >= 4 is 0 Å². The van der Waals surface area contributed by atoms with Crippen molar-refractivity contribution in [3.63, 3.8) is 0 Å². The van der Waals surface area contributed by atoms with Gasteiger partial charge in [0.25, 0.3) is 0 Å². The fourth-order valence-electron chi connectivity index (χ4n) is 3.26. The highest BCUT2D eigenvalue weighted by Gasteiger charge is 2.42. The summed E-state index contributed by atoms with van der Waals surface area (Å²) in [5, 5.41) is 3.53. The molecule has 1 N–H and O–H groups in total. The van der Waals surface area contributed by atoms with Crippen molar-refractivity contribution in [2.45, 2.75) is 51.7 Å². The van der Waals surface area contributed by atoms with Gasteiger partial charge in [-0.25, -0.2) is 0 Å². The van der Waals surface area contributed by atoms with E-state index in [2.05, 4.69) is 30.1 Å². The molecule has 0 amide bonds. The highest BCUT2D eigenvalue weighted by molar-refractivity contribution is 5.03. The molecule has 0 aromatic carbocycles. The van der Waals surface area contributed by atoms with Crippen LogP contribution in [0.15, 0.2) is 22.8 Å². The number of piperidine rings is 1. The number of furan rings is 1. The molecule has 0 bridgehead atoms. The molecule has 3 nitrogen and oxygen atoms in total. The Morgan fingerprint density at radius 3 is 2.83 bits per heavy atom. The van der Waals surface area contributed by atoms with E-state index in [9.17, 15) is 0 Å². The minimum Gasteiger partial charge on any atom is -0.468 e. The maximum atomic E-state index is 5.54. The van der Waals surface area contributed by atoms with Crippen LogP contribution in [0.4, 0.5) is 0 Å². The second-order valence-corrected chi connectivity index (χ2v) is 6.45. The van der Waals surface area contributed by atoms with Crippen LogP contribution < -0.4 is 5.32 Å². The summed E-state index contributed by atoms with van der Waals surface area (Å²) in [6.45, 7) is 8.03. The monoisotopic (exact) mass is 248 g/mol. The predicted molar refractivity (Wildman–Crippen MR) is 72.3 cm³/mol. The molecule has 1 aliphatic heterocycles. The van der Waals surface area contributed by atoms with E-state index in [4.69, 9.17) is 4.42 Å². The lowest BCUT2D eigenvalue weighted by atomic mass is 9.79. The summed E-state index contributed by atoms with van der Waals surface area (Å²) in [5.74, 6) is 1.11. The quantitative estimate of drug-likeness (QED) is 0.888. The fourth-order valence-corrected chi connectivity index (χ4v) is 3.26. The Hall–Kier alpha value is -0.800. The third-order valence-corrected chi connectivity index (χ3v) is 4.41. The van der Waals surface area contributed by atoms with Gasteiger partial charge in [-0.15, -0.1) is 0 Å². The van der Waals surface area contributed by atoms with Gasteiger partial charge in [-0.2, -0.15) is 0 Å². The SMILES string of the molecule is CC1(C)CNCCC1N(Cc1ccco1)C1CC1. The van der Waals surface area contributed by atoms with E-state index in [1.165, 1.54) is 19.3 Å². The van der Waals surface area contributed by atoms with E-state index in [-0.39, 0.29) is 0 Å². The maximum Gasteiger partial charge on any atom is 0.117 e. The first-order chi connectivity index (χ1) is 8.67. The Morgan fingerprint density at radius 2 is 2.22 bits per heavy atom. The summed E-state index contributed by atoms with van der Waals surface area (Å²) < 4.78 is 5.54. The molecule has 3 rings (SSSR count). The van der Waals surface area contributed by atoms with E-state index in [1.54, 1.807) is 6.26 Å². The molecule has 1 aliphatic carbocycles. The molecule has 1 saturated carbocycles. The van der Waals surface area contributed by atoms with Crippen molar-refractivity contribution in [2.75, 3.05) is 13.1 Å². The Kier molecular flexibility index (Phi) is 3.20. The summed E-state index contributed by atoms with van der Waals surface area (Å²) in [6, 6.07) is 5.56. The minimum absolute atomic E-state index is 0.355. The van der Waals surface area contributed by atoms with E-state index in [0.29, 0.717) is 11.5 Å². The molecular weight excluding hydrogens is 224 g/mol. The van der Waals surface area contributed by atoms with Gasteiger partial charge in [-0.3, -0.25) is 4.90 Å². The molecule has 0 radical (unpaired) electrons. The Labute approximate surface area is 110 Å². The first kappa shape index (κ1) is 12.2. The zero-order chi connectivity index (χ0) is 12.6. The van der Waals surface area contributed by atoms with Crippen LogP contribution in [0.2, 0.25) is 0 Å². The Bertz CT molecular complexity index is 381. The normalized spacial score (nSPS) is 27.6. The van der Waals surface area contributed by atoms with Gasteiger partial charge in [0.1, 0.15) is 5.76 Å². The lowest BCUT2D eigenvalue weighted by Gasteiger charge is -2.45. The molecule has 100 valence electrons.